The van der Waals surface area contributed by atoms with Crippen LogP contribution in [0, 0.1) is 0 Å². The van der Waals surface area contributed by atoms with E-state index in [1.165, 1.54) is 5.56 Å². The topological polar surface area (TPSA) is 57.8 Å². The summed E-state index contributed by atoms with van der Waals surface area (Å²) in [6.45, 7) is 2.62. The average Bonchev–Trinajstić information content (AvgIpc) is 3.11. The minimum absolute atomic E-state index is 0.162. The number of aromatic amines is 1. The highest BCUT2D eigenvalue weighted by molar-refractivity contribution is 9.10. The highest BCUT2D eigenvalue weighted by Gasteiger charge is 2.10. The van der Waals surface area contributed by atoms with E-state index in [9.17, 15) is 4.79 Å². The number of aromatic nitrogens is 2. The fraction of sp³-hybridized carbons (Fsp3) is 0.158. The van der Waals surface area contributed by atoms with Crippen LogP contribution < -0.4 is 5.32 Å². The van der Waals surface area contributed by atoms with Crippen molar-refractivity contribution in [2.45, 2.75) is 19.9 Å². The van der Waals surface area contributed by atoms with E-state index in [1.807, 2.05) is 36.4 Å². The molecule has 2 N–H and O–H groups in total. The molecule has 4 nitrogen and oxygen atoms in total. The maximum absolute atomic E-state index is 12.3. The molecule has 1 heterocycles. The molecule has 122 valence electrons. The second kappa shape index (κ2) is 7.45. The van der Waals surface area contributed by atoms with E-state index in [-0.39, 0.29) is 5.91 Å². The van der Waals surface area contributed by atoms with Crippen LogP contribution in [0.2, 0.25) is 0 Å². The molecular formula is C19H18BrN3O. The molecule has 0 unspecified atom stereocenters. The summed E-state index contributed by atoms with van der Waals surface area (Å²) in [5, 5.41) is 9.92. The first-order valence-corrected chi connectivity index (χ1v) is 8.62. The van der Waals surface area contributed by atoms with Crippen molar-refractivity contribution in [2.75, 3.05) is 0 Å². The third kappa shape index (κ3) is 3.92. The quantitative estimate of drug-likeness (QED) is 0.688. The normalized spacial score (nSPS) is 10.6. The van der Waals surface area contributed by atoms with Crippen LogP contribution in [-0.2, 0) is 13.0 Å². The van der Waals surface area contributed by atoms with Crippen molar-refractivity contribution in [3.8, 4) is 11.3 Å². The van der Waals surface area contributed by atoms with Crippen molar-refractivity contribution in [2.24, 2.45) is 0 Å². The van der Waals surface area contributed by atoms with E-state index >= 15 is 0 Å². The van der Waals surface area contributed by atoms with Gasteiger partial charge >= 0.3 is 0 Å². The maximum Gasteiger partial charge on any atom is 0.269 e. The highest BCUT2D eigenvalue weighted by Crippen LogP contribution is 2.20. The summed E-state index contributed by atoms with van der Waals surface area (Å²) in [7, 11) is 0. The highest BCUT2D eigenvalue weighted by atomic mass is 79.9. The third-order valence-corrected chi connectivity index (χ3v) is 4.38. The lowest BCUT2D eigenvalue weighted by Gasteiger charge is -2.04. The van der Waals surface area contributed by atoms with Crippen LogP contribution in [0.3, 0.4) is 0 Å². The molecule has 5 heteroatoms. The average molecular weight is 384 g/mol. The number of H-pyrrole nitrogens is 1. The van der Waals surface area contributed by atoms with Gasteiger partial charge in [-0.15, -0.1) is 0 Å². The van der Waals surface area contributed by atoms with Gasteiger partial charge in [-0.1, -0.05) is 59.3 Å². The number of aryl methyl sites for hydroxylation is 1. The first-order chi connectivity index (χ1) is 11.7. The third-order valence-electron chi connectivity index (χ3n) is 3.85. The van der Waals surface area contributed by atoms with Gasteiger partial charge in [0.05, 0.1) is 5.69 Å². The Morgan fingerprint density at radius 3 is 2.42 bits per heavy atom. The Balaban J connectivity index is 1.64. The van der Waals surface area contributed by atoms with Crippen molar-refractivity contribution in [3.05, 3.63) is 75.9 Å². The lowest BCUT2D eigenvalue weighted by atomic mass is 10.1. The lowest BCUT2D eigenvalue weighted by Crippen LogP contribution is -2.23. The molecule has 0 spiro atoms. The monoisotopic (exact) mass is 383 g/mol. The van der Waals surface area contributed by atoms with Gasteiger partial charge in [0, 0.05) is 16.6 Å². The Kier molecular flexibility index (Phi) is 5.11. The number of hydrogen-bond acceptors (Lipinski definition) is 2. The lowest BCUT2D eigenvalue weighted by molar-refractivity contribution is 0.0946. The zero-order valence-corrected chi connectivity index (χ0v) is 14.9. The summed E-state index contributed by atoms with van der Waals surface area (Å²) in [5.41, 5.74) is 4.53. The number of amides is 1. The van der Waals surface area contributed by atoms with Crippen LogP contribution in [0.4, 0.5) is 0 Å². The zero-order valence-electron chi connectivity index (χ0n) is 13.3. The van der Waals surface area contributed by atoms with Crippen molar-refractivity contribution >= 4 is 21.8 Å². The molecule has 0 atom stereocenters. The molecule has 0 fully saturated rings. The molecule has 0 bridgehead atoms. The predicted molar refractivity (Wildman–Crippen MR) is 98.7 cm³/mol. The number of nitrogens with one attached hydrogen (secondary N) is 2. The molecular weight excluding hydrogens is 366 g/mol. The van der Waals surface area contributed by atoms with Crippen LogP contribution in [0.15, 0.2) is 59.1 Å². The van der Waals surface area contributed by atoms with Gasteiger partial charge in [0.1, 0.15) is 5.69 Å². The number of carbonyl (C=O) groups excluding carboxylic acids is 1. The minimum Gasteiger partial charge on any atom is -0.347 e. The molecule has 3 rings (SSSR count). The van der Waals surface area contributed by atoms with E-state index in [2.05, 4.69) is 50.5 Å². The van der Waals surface area contributed by atoms with Crippen molar-refractivity contribution in [1.82, 2.24) is 15.5 Å². The van der Waals surface area contributed by atoms with Crippen LogP contribution in [-0.4, -0.2) is 16.1 Å². The van der Waals surface area contributed by atoms with E-state index < -0.39 is 0 Å². The summed E-state index contributed by atoms with van der Waals surface area (Å²) in [5.74, 6) is -0.162. The minimum atomic E-state index is -0.162. The second-order valence-corrected chi connectivity index (χ2v) is 6.44. The van der Waals surface area contributed by atoms with Gasteiger partial charge in [-0.25, -0.2) is 0 Å². The number of rotatable bonds is 5. The molecule has 1 aromatic heterocycles. The Morgan fingerprint density at radius 2 is 1.75 bits per heavy atom. The van der Waals surface area contributed by atoms with Gasteiger partial charge in [-0.2, -0.15) is 5.10 Å². The molecule has 24 heavy (non-hydrogen) atoms. The van der Waals surface area contributed by atoms with Gasteiger partial charge in [0.25, 0.3) is 5.91 Å². The van der Waals surface area contributed by atoms with Crippen LogP contribution >= 0.6 is 15.9 Å². The standard InChI is InChI=1S/C19H18BrN3O/c1-2-13-3-5-14(6-4-13)12-21-19(24)18-11-17(22-23-18)15-7-9-16(20)10-8-15/h3-11H,2,12H2,1H3,(H,21,24)(H,22,23). The van der Waals surface area contributed by atoms with Crippen molar-refractivity contribution < 1.29 is 4.79 Å². The van der Waals surface area contributed by atoms with Gasteiger partial charge in [0.15, 0.2) is 0 Å². The molecule has 0 aliphatic heterocycles. The first-order valence-electron chi connectivity index (χ1n) is 7.83. The van der Waals surface area contributed by atoms with Gasteiger partial charge in [0.2, 0.25) is 0 Å². The number of hydrogen-bond donors (Lipinski definition) is 2. The number of halogens is 1. The van der Waals surface area contributed by atoms with Crippen molar-refractivity contribution in [1.29, 1.82) is 0 Å². The van der Waals surface area contributed by atoms with Gasteiger partial charge < -0.3 is 5.32 Å². The van der Waals surface area contributed by atoms with Crippen LogP contribution in [0.1, 0.15) is 28.5 Å². The molecule has 0 saturated heterocycles. The molecule has 0 aliphatic carbocycles. The Bertz CT molecular complexity index is 823. The largest absolute Gasteiger partial charge is 0.347 e. The maximum atomic E-state index is 12.3. The van der Waals surface area contributed by atoms with E-state index in [4.69, 9.17) is 0 Å². The summed E-state index contributed by atoms with van der Waals surface area (Å²) in [6, 6.07) is 17.8. The molecule has 2 aromatic carbocycles. The Hall–Kier alpha value is -2.40. The smallest absolute Gasteiger partial charge is 0.269 e. The molecule has 0 radical (unpaired) electrons. The summed E-state index contributed by atoms with van der Waals surface area (Å²) in [4.78, 5) is 12.3. The summed E-state index contributed by atoms with van der Waals surface area (Å²) >= 11 is 3.41. The SMILES string of the molecule is CCc1ccc(CNC(=O)c2cc(-c3ccc(Br)cc3)n[nH]2)cc1. The predicted octanol–water partition coefficient (Wildman–Crippen LogP) is 4.33. The van der Waals surface area contributed by atoms with E-state index in [0.29, 0.717) is 12.2 Å². The van der Waals surface area contributed by atoms with Crippen molar-refractivity contribution in [3.63, 3.8) is 0 Å². The molecule has 1 amide bonds. The van der Waals surface area contributed by atoms with Crippen LogP contribution in [0.25, 0.3) is 11.3 Å². The van der Waals surface area contributed by atoms with E-state index in [0.717, 1.165) is 27.7 Å². The van der Waals surface area contributed by atoms with Gasteiger partial charge in [-0.05, 0) is 35.7 Å². The summed E-state index contributed by atoms with van der Waals surface area (Å²) in [6.07, 6.45) is 1.01. The first kappa shape index (κ1) is 16.5. The summed E-state index contributed by atoms with van der Waals surface area (Å²) < 4.78 is 1.01. The number of carbonyl (C=O) groups is 1. The molecule has 3 aromatic rings. The number of nitrogens with zero attached hydrogens (tertiary/aromatic N) is 1. The second-order valence-electron chi connectivity index (χ2n) is 5.53. The van der Waals surface area contributed by atoms with Gasteiger partial charge in [-0.3, -0.25) is 9.89 Å². The zero-order chi connectivity index (χ0) is 16.9. The fourth-order valence-corrected chi connectivity index (χ4v) is 2.64. The molecule has 0 saturated carbocycles. The molecule has 0 aliphatic rings. The fourth-order valence-electron chi connectivity index (χ4n) is 2.38. The van der Waals surface area contributed by atoms with E-state index in [1.54, 1.807) is 6.07 Å². The van der Waals surface area contributed by atoms with Crippen LogP contribution in [0.5, 0.6) is 0 Å². The Labute approximate surface area is 149 Å². The number of benzene rings is 2. The Morgan fingerprint density at radius 1 is 1.08 bits per heavy atom.